The van der Waals surface area contributed by atoms with Crippen molar-refractivity contribution in [3.63, 3.8) is 0 Å². The molecule has 0 saturated carbocycles. The number of hydrogen-bond donors (Lipinski definition) is 3. The minimum atomic E-state index is -0.844. The molecule has 3 N–H and O–H groups in total. The summed E-state index contributed by atoms with van der Waals surface area (Å²) >= 11 is 5.77. The second-order valence-corrected chi connectivity index (χ2v) is 5.38. The first-order valence-corrected chi connectivity index (χ1v) is 7.37. The van der Waals surface area contributed by atoms with E-state index in [4.69, 9.17) is 16.0 Å². The van der Waals surface area contributed by atoms with Crippen molar-refractivity contribution in [2.75, 3.05) is 13.1 Å². The van der Waals surface area contributed by atoms with E-state index < -0.39 is 12.0 Å². The van der Waals surface area contributed by atoms with Crippen LogP contribution in [0.4, 0.5) is 0 Å². The van der Waals surface area contributed by atoms with Crippen LogP contribution in [0.3, 0.4) is 0 Å². The Kier molecular flexibility index (Phi) is 5.78. The third-order valence-corrected chi connectivity index (χ3v) is 3.51. The van der Waals surface area contributed by atoms with Crippen LogP contribution in [0.1, 0.15) is 27.8 Å². The average Bonchev–Trinajstić information content (AvgIpc) is 2.97. The van der Waals surface area contributed by atoms with Crippen LogP contribution < -0.4 is 10.6 Å². The molecule has 0 radical (unpaired) electrons. The molecule has 0 saturated heterocycles. The van der Waals surface area contributed by atoms with E-state index in [1.54, 1.807) is 31.2 Å². The van der Waals surface area contributed by atoms with Crippen LogP contribution in [0.2, 0.25) is 5.02 Å². The Balaban J connectivity index is 1.76. The number of nitrogens with one attached hydrogen (secondary N) is 2. The molecule has 1 heterocycles. The first kappa shape index (κ1) is 17.1. The highest BCUT2D eigenvalue weighted by Crippen LogP contribution is 2.15. The van der Waals surface area contributed by atoms with Crippen molar-refractivity contribution in [3.05, 3.63) is 58.5 Å². The number of carbonyl (C=O) groups is 2. The van der Waals surface area contributed by atoms with Gasteiger partial charge in [0.25, 0.3) is 5.91 Å². The van der Waals surface area contributed by atoms with Crippen LogP contribution in [0, 0.1) is 6.92 Å². The molecule has 1 aromatic carbocycles. The highest BCUT2D eigenvalue weighted by molar-refractivity contribution is 6.30. The minimum Gasteiger partial charge on any atom is -0.469 e. The number of rotatable bonds is 6. The molecular weight excluding hydrogens is 320 g/mol. The minimum absolute atomic E-state index is 0.0427. The second-order valence-electron chi connectivity index (χ2n) is 4.94. The van der Waals surface area contributed by atoms with E-state index in [1.807, 2.05) is 0 Å². The summed E-state index contributed by atoms with van der Waals surface area (Å²) in [7, 11) is 0. The Hall–Kier alpha value is -2.31. The van der Waals surface area contributed by atoms with Gasteiger partial charge in [0.2, 0.25) is 5.91 Å². The van der Waals surface area contributed by atoms with Gasteiger partial charge in [-0.3, -0.25) is 9.59 Å². The zero-order valence-corrected chi connectivity index (χ0v) is 13.3. The smallest absolute Gasteiger partial charge is 0.255 e. The largest absolute Gasteiger partial charge is 0.469 e. The van der Waals surface area contributed by atoms with Crippen molar-refractivity contribution in [3.8, 4) is 0 Å². The van der Waals surface area contributed by atoms with Crippen LogP contribution in [-0.4, -0.2) is 30.0 Å². The van der Waals surface area contributed by atoms with Gasteiger partial charge in [0.15, 0.2) is 0 Å². The van der Waals surface area contributed by atoms with Crippen LogP contribution >= 0.6 is 11.6 Å². The molecule has 7 heteroatoms. The standard InChI is InChI=1S/C16H17ClN2O4/c1-10-13(6-7-23-10)16(22)19-9-15(21)18-8-14(20)11-2-4-12(17)5-3-11/h2-7,14,20H,8-9H2,1H3,(H,18,21)(H,19,22). The monoisotopic (exact) mass is 336 g/mol. The molecule has 2 rings (SSSR count). The first-order chi connectivity index (χ1) is 11.0. The van der Waals surface area contributed by atoms with Crippen LogP contribution in [0.15, 0.2) is 41.0 Å². The summed E-state index contributed by atoms with van der Waals surface area (Å²) in [5.41, 5.74) is 1.03. The maximum atomic E-state index is 11.8. The quantitative estimate of drug-likeness (QED) is 0.750. The maximum Gasteiger partial charge on any atom is 0.255 e. The van der Waals surface area contributed by atoms with Gasteiger partial charge in [-0.05, 0) is 30.7 Å². The van der Waals surface area contributed by atoms with E-state index in [0.29, 0.717) is 21.9 Å². The molecule has 0 bridgehead atoms. The lowest BCUT2D eigenvalue weighted by Crippen LogP contribution is -2.38. The van der Waals surface area contributed by atoms with Gasteiger partial charge < -0.3 is 20.2 Å². The lowest BCUT2D eigenvalue weighted by Gasteiger charge is -2.12. The Morgan fingerprint density at radius 2 is 1.91 bits per heavy atom. The third kappa shape index (κ3) is 4.84. The van der Waals surface area contributed by atoms with E-state index >= 15 is 0 Å². The Labute approximate surface area is 138 Å². The van der Waals surface area contributed by atoms with Crippen LogP contribution in [0.25, 0.3) is 0 Å². The fourth-order valence-corrected chi connectivity index (χ4v) is 2.08. The van der Waals surface area contributed by atoms with Crippen molar-refractivity contribution in [1.29, 1.82) is 0 Å². The number of benzene rings is 1. The molecule has 122 valence electrons. The molecule has 0 aliphatic heterocycles. The number of aliphatic hydroxyl groups excluding tert-OH is 1. The SMILES string of the molecule is Cc1occc1C(=O)NCC(=O)NCC(O)c1ccc(Cl)cc1. The summed E-state index contributed by atoms with van der Waals surface area (Å²) in [5.74, 6) is -0.293. The molecule has 0 spiro atoms. The summed E-state index contributed by atoms with van der Waals surface area (Å²) < 4.78 is 5.02. The molecule has 0 aliphatic carbocycles. The van der Waals surface area contributed by atoms with Gasteiger partial charge in [-0.25, -0.2) is 0 Å². The zero-order valence-electron chi connectivity index (χ0n) is 12.5. The average molecular weight is 337 g/mol. The van der Waals surface area contributed by atoms with E-state index in [1.165, 1.54) is 12.3 Å². The molecule has 23 heavy (non-hydrogen) atoms. The summed E-state index contributed by atoms with van der Waals surface area (Å²) in [5, 5.41) is 15.6. The summed E-state index contributed by atoms with van der Waals surface area (Å²) in [4.78, 5) is 23.5. The van der Waals surface area contributed by atoms with Crippen LogP contribution in [0.5, 0.6) is 0 Å². The van der Waals surface area contributed by atoms with Gasteiger partial charge in [-0.15, -0.1) is 0 Å². The second kappa shape index (κ2) is 7.80. The summed E-state index contributed by atoms with van der Waals surface area (Å²) in [6, 6.07) is 8.23. The van der Waals surface area contributed by atoms with Crippen molar-refractivity contribution in [2.45, 2.75) is 13.0 Å². The molecule has 6 nitrogen and oxygen atoms in total. The van der Waals surface area contributed by atoms with E-state index in [2.05, 4.69) is 10.6 Å². The lowest BCUT2D eigenvalue weighted by molar-refractivity contribution is -0.120. The van der Waals surface area contributed by atoms with Gasteiger partial charge >= 0.3 is 0 Å². The lowest BCUT2D eigenvalue weighted by atomic mass is 10.1. The number of aryl methyl sites for hydroxylation is 1. The molecular formula is C16H17ClN2O4. The number of furan rings is 1. The summed E-state index contributed by atoms with van der Waals surface area (Å²) in [6.07, 6.45) is 0.565. The summed E-state index contributed by atoms with van der Waals surface area (Å²) in [6.45, 7) is 1.52. The number of carbonyl (C=O) groups excluding carboxylic acids is 2. The van der Waals surface area contributed by atoms with Gasteiger partial charge in [-0.2, -0.15) is 0 Å². The predicted octanol–water partition coefficient (Wildman–Crippen LogP) is 1.82. The van der Waals surface area contributed by atoms with Gasteiger partial charge in [-0.1, -0.05) is 23.7 Å². The molecule has 1 atom stereocenters. The van der Waals surface area contributed by atoms with Gasteiger partial charge in [0, 0.05) is 11.6 Å². The van der Waals surface area contributed by atoms with Crippen molar-refractivity contribution in [2.24, 2.45) is 0 Å². The fraction of sp³-hybridized carbons (Fsp3) is 0.250. The van der Waals surface area contributed by atoms with Crippen molar-refractivity contribution in [1.82, 2.24) is 10.6 Å². The number of halogens is 1. The molecule has 2 aromatic rings. The predicted molar refractivity (Wildman–Crippen MR) is 85.2 cm³/mol. The molecule has 0 aliphatic rings. The van der Waals surface area contributed by atoms with E-state index in [0.717, 1.165) is 0 Å². The molecule has 2 amide bonds. The highest BCUT2D eigenvalue weighted by Gasteiger charge is 2.13. The zero-order chi connectivity index (χ0) is 16.8. The Morgan fingerprint density at radius 1 is 1.22 bits per heavy atom. The first-order valence-electron chi connectivity index (χ1n) is 7.00. The van der Waals surface area contributed by atoms with E-state index in [-0.39, 0.29) is 19.0 Å². The maximum absolute atomic E-state index is 11.8. The van der Waals surface area contributed by atoms with Gasteiger partial charge in [0.05, 0.1) is 24.5 Å². The normalized spacial score (nSPS) is 11.8. The number of amides is 2. The topological polar surface area (TPSA) is 91.6 Å². The molecule has 1 aromatic heterocycles. The molecule has 1 unspecified atom stereocenters. The fourth-order valence-electron chi connectivity index (χ4n) is 1.95. The number of aliphatic hydroxyl groups is 1. The Morgan fingerprint density at radius 3 is 2.52 bits per heavy atom. The van der Waals surface area contributed by atoms with Gasteiger partial charge in [0.1, 0.15) is 5.76 Å². The Bertz CT molecular complexity index is 682. The van der Waals surface area contributed by atoms with Crippen molar-refractivity contribution < 1.29 is 19.1 Å². The molecule has 0 fully saturated rings. The highest BCUT2D eigenvalue weighted by atomic mass is 35.5. The van der Waals surface area contributed by atoms with Crippen molar-refractivity contribution >= 4 is 23.4 Å². The number of hydrogen-bond acceptors (Lipinski definition) is 4. The van der Waals surface area contributed by atoms with E-state index in [9.17, 15) is 14.7 Å². The third-order valence-electron chi connectivity index (χ3n) is 3.26. The van der Waals surface area contributed by atoms with Crippen LogP contribution in [-0.2, 0) is 4.79 Å².